The second kappa shape index (κ2) is 4.16. The van der Waals surface area contributed by atoms with Gasteiger partial charge in [0.25, 0.3) is 0 Å². The van der Waals surface area contributed by atoms with Crippen LogP contribution < -0.4 is 10.5 Å². The molecule has 0 amide bonds. The first-order valence-corrected chi connectivity index (χ1v) is 4.32. The van der Waals surface area contributed by atoms with Gasteiger partial charge in [0.15, 0.2) is 0 Å². The normalized spacial score (nSPS) is 9.42. The third-order valence-electron chi connectivity index (χ3n) is 1.35. The van der Waals surface area contributed by atoms with Crippen LogP contribution in [0.2, 0.25) is 0 Å². The Kier molecular flexibility index (Phi) is 3.17. The highest BCUT2D eigenvalue weighted by molar-refractivity contribution is 9.10. The molecule has 0 saturated heterocycles. The van der Waals surface area contributed by atoms with Crippen molar-refractivity contribution < 1.29 is 4.74 Å². The number of nitrogens with two attached hydrogens (primary N) is 1. The van der Waals surface area contributed by atoms with E-state index < -0.39 is 0 Å². The van der Waals surface area contributed by atoms with Crippen LogP contribution in [0.4, 0.5) is 5.69 Å². The summed E-state index contributed by atoms with van der Waals surface area (Å²) in [6.07, 6.45) is 1.69. The molecule has 0 bridgehead atoms. The molecule has 0 spiro atoms. The van der Waals surface area contributed by atoms with Gasteiger partial charge >= 0.3 is 0 Å². The lowest BCUT2D eigenvalue weighted by atomic mass is 10.3. The number of benzene rings is 1. The Labute approximate surface area is 80.2 Å². The fourth-order valence-electron chi connectivity index (χ4n) is 0.788. The van der Waals surface area contributed by atoms with Crippen molar-refractivity contribution in [1.82, 2.24) is 0 Å². The summed E-state index contributed by atoms with van der Waals surface area (Å²) in [4.78, 5) is 0. The van der Waals surface area contributed by atoms with Crippen LogP contribution in [0.3, 0.4) is 0 Å². The van der Waals surface area contributed by atoms with Crippen LogP contribution in [0.1, 0.15) is 0 Å². The Morgan fingerprint density at radius 2 is 2.33 bits per heavy atom. The van der Waals surface area contributed by atoms with E-state index >= 15 is 0 Å². The SMILES string of the molecule is C=CCOc1cccc(N)c1Br. The van der Waals surface area contributed by atoms with Gasteiger partial charge in [0, 0.05) is 5.69 Å². The van der Waals surface area contributed by atoms with Gasteiger partial charge in [0.05, 0.1) is 4.47 Å². The molecule has 1 aromatic rings. The largest absolute Gasteiger partial charge is 0.488 e. The van der Waals surface area contributed by atoms with Gasteiger partial charge in [-0.3, -0.25) is 0 Å². The average Bonchev–Trinajstić information content (AvgIpc) is 2.08. The predicted molar refractivity (Wildman–Crippen MR) is 54.2 cm³/mol. The van der Waals surface area contributed by atoms with Gasteiger partial charge < -0.3 is 10.5 Å². The van der Waals surface area contributed by atoms with Crippen LogP contribution >= 0.6 is 15.9 Å². The Morgan fingerprint density at radius 1 is 1.58 bits per heavy atom. The molecule has 2 nitrogen and oxygen atoms in total. The van der Waals surface area contributed by atoms with Crippen molar-refractivity contribution in [1.29, 1.82) is 0 Å². The number of ether oxygens (including phenoxy) is 1. The van der Waals surface area contributed by atoms with E-state index in [1.165, 1.54) is 0 Å². The first-order chi connectivity index (χ1) is 5.75. The first-order valence-electron chi connectivity index (χ1n) is 3.53. The summed E-state index contributed by atoms with van der Waals surface area (Å²) in [5.41, 5.74) is 6.32. The van der Waals surface area contributed by atoms with E-state index in [0.717, 1.165) is 10.2 Å². The van der Waals surface area contributed by atoms with Gasteiger partial charge in [-0.2, -0.15) is 0 Å². The molecule has 0 aliphatic rings. The Hall–Kier alpha value is -0.960. The molecule has 0 aliphatic carbocycles. The summed E-state index contributed by atoms with van der Waals surface area (Å²) in [7, 11) is 0. The fourth-order valence-corrected chi connectivity index (χ4v) is 1.17. The highest BCUT2D eigenvalue weighted by Gasteiger charge is 2.01. The standard InChI is InChI=1S/C9H10BrNO/c1-2-6-12-8-5-3-4-7(11)9(8)10/h2-5H,1,6,11H2. The van der Waals surface area contributed by atoms with Gasteiger partial charge in [-0.1, -0.05) is 18.7 Å². The lowest BCUT2D eigenvalue weighted by Crippen LogP contribution is -1.95. The van der Waals surface area contributed by atoms with E-state index in [4.69, 9.17) is 10.5 Å². The zero-order valence-electron chi connectivity index (χ0n) is 6.59. The number of nitrogen functional groups attached to an aromatic ring is 1. The maximum atomic E-state index is 5.64. The average molecular weight is 228 g/mol. The number of hydrogen-bond acceptors (Lipinski definition) is 2. The monoisotopic (exact) mass is 227 g/mol. The molecule has 0 aliphatic heterocycles. The Morgan fingerprint density at radius 3 is 3.00 bits per heavy atom. The molecule has 1 aromatic carbocycles. The van der Waals surface area contributed by atoms with E-state index in [2.05, 4.69) is 22.5 Å². The Balaban J connectivity index is 2.84. The molecule has 0 heterocycles. The van der Waals surface area contributed by atoms with E-state index in [0.29, 0.717) is 12.3 Å². The first kappa shape index (κ1) is 9.13. The number of halogens is 1. The molecule has 64 valence electrons. The zero-order valence-corrected chi connectivity index (χ0v) is 8.17. The molecule has 3 heteroatoms. The lowest BCUT2D eigenvalue weighted by molar-refractivity contribution is 0.361. The minimum atomic E-state index is 0.488. The molecule has 0 aromatic heterocycles. The molecule has 1 rings (SSSR count). The molecule has 0 saturated carbocycles. The van der Waals surface area contributed by atoms with Crippen molar-refractivity contribution in [3.05, 3.63) is 35.3 Å². The summed E-state index contributed by atoms with van der Waals surface area (Å²) in [6.45, 7) is 4.04. The zero-order chi connectivity index (χ0) is 8.97. The molecule has 12 heavy (non-hydrogen) atoms. The van der Waals surface area contributed by atoms with Crippen LogP contribution in [0, 0.1) is 0 Å². The molecule has 2 N–H and O–H groups in total. The summed E-state index contributed by atoms with van der Waals surface area (Å²) in [5, 5.41) is 0. The van der Waals surface area contributed by atoms with Crippen molar-refractivity contribution in [2.75, 3.05) is 12.3 Å². The van der Waals surface area contributed by atoms with Crippen molar-refractivity contribution >= 4 is 21.6 Å². The number of rotatable bonds is 3. The van der Waals surface area contributed by atoms with Gasteiger partial charge in [0.1, 0.15) is 12.4 Å². The van der Waals surface area contributed by atoms with E-state index in [-0.39, 0.29) is 0 Å². The van der Waals surface area contributed by atoms with E-state index in [9.17, 15) is 0 Å². The second-order valence-electron chi connectivity index (χ2n) is 2.26. The minimum Gasteiger partial charge on any atom is -0.488 e. The predicted octanol–water partition coefficient (Wildman–Crippen LogP) is 2.60. The molecule has 0 fully saturated rings. The molecule has 0 radical (unpaired) electrons. The van der Waals surface area contributed by atoms with Crippen LogP contribution in [-0.4, -0.2) is 6.61 Å². The fraction of sp³-hybridized carbons (Fsp3) is 0.111. The maximum Gasteiger partial charge on any atom is 0.136 e. The maximum absolute atomic E-state index is 5.64. The van der Waals surface area contributed by atoms with Crippen LogP contribution in [0.5, 0.6) is 5.75 Å². The smallest absolute Gasteiger partial charge is 0.136 e. The summed E-state index contributed by atoms with van der Waals surface area (Å²) >= 11 is 3.33. The highest BCUT2D eigenvalue weighted by atomic mass is 79.9. The highest BCUT2D eigenvalue weighted by Crippen LogP contribution is 2.29. The third-order valence-corrected chi connectivity index (χ3v) is 2.20. The van der Waals surface area contributed by atoms with Crippen LogP contribution in [-0.2, 0) is 0 Å². The van der Waals surface area contributed by atoms with Crippen molar-refractivity contribution in [3.63, 3.8) is 0 Å². The molecular formula is C9H10BrNO. The van der Waals surface area contributed by atoms with Gasteiger partial charge in [-0.25, -0.2) is 0 Å². The summed E-state index contributed by atoms with van der Waals surface area (Å²) < 4.78 is 6.12. The van der Waals surface area contributed by atoms with Gasteiger partial charge in [-0.15, -0.1) is 0 Å². The van der Waals surface area contributed by atoms with Crippen LogP contribution in [0.15, 0.2) is 35.3 Å². The van der Waals surface area contributed by atoms with Gasteiger partial charge in [0.2, 0.25) is 0 Å². The van der Waals surface area contributed by atoms with E-state index in [1.807, 2.05) is 18.2 Å². The quantitative estimate of drug-likeness (QED) is 0.637. The summed E-state index contributed by atoms with van der Waals surface area (Å²) in [6, 6.07) is 5.51. The lowest BCUT2D eigenvalue weighted by Gasteiger charge is -2.06. The minimum absolute atomic E-state index is 0.488. The summed E-state index contributed by atoms with van der Waals surface area (Å²) in [5.74, 6) is 0.745. The van der Waals surface area contributed by atoms with Crippen molar-refractivity contribution in [2.24, 2.45) is 0 Å². The van der Waals surface area contributed by atoms with Crippen LogP contribution in [0.25, 0.3) is 0 Å². The second-order valence-corrected chi connectivity index (χ2v) is 3.05. The van der Waals surface area contributed by atoms with Crippen molar-refractivity contribution in [2.45, 2.75) is 0 Å². The van der Waals surface area contributed by atoms with Gasteiger partial charge in [-0.05, 0) is 28.1 Å². The number of anilines is 1. The molecule has 0 unspecified atom stereocenters. The third kappa shape index (κ3) is 2.01. The van der Waals surface area contributed by atoms with E-state index in [1.54, 1.807) is 6.08 Å². The molecule has 0 atom stereocenters. The number of hydrogen-bond donors (Lipinski definition) is 1. The Bertz CT molecular complexity index is 286. The molecular weight excluding hydrogens is 218 g/mol. The van der Waals surface area contributed by atoms with Crippen molar-refractivity contribution in [3.8, 4) is 5.75 Å². The topological polar surface area (TPSA) is 35.2 Å².